The second kappa shape index (κ2) is 14.7. The van der Waals surface area contributed by atoms with E-state index in [0.717, 1.165) is 40.5 Å². The fraction of sp³-hybridized carbons (Fsp3) is 0.0175. The average molecular weight is 753 g/mol. The summed E-state index contributed by atoms with van der Waals surface area (Å²) < 4.78 is 0. The molecule has 0 radical (unpaired) electrons. The largest absolute Gasteiger partial charge is 0.310 e. The van der Waals surface area contributed by atoms with Crippen LogP contribution in [0.1, 0.15) is 11.1 Å². The summed E-state index contributed by atoms with van der Waals surface area (Å²) in [7, 11) is 0. The standard InChI is InChI=1S/C57H40N2/c1-3-13-40(14-4-1)42-25-29-48(30-26-42)58(56-23-11-19-44-17-7-9-21-54(44)56)50-33-35-52-46(38-50)37-47-39-51(34-36-53(47)52)59(57-24-12-20-45-18-8-10-22-55(45)57)49-31-27-43(28-32-49)41-15-5-2-6-16-41/h1-36,38-39H,37H2. The van der Waals surface area contributed by atoms with Gasteiger partial charge in [0.1, 0.15) is 0 Å². The van der Waals surface area contributed by atoms with Crippen LogP contribution in [0.15, 0.2) is 231 Å². The Labute approximate surface area is 345 Å². The fourth-order valence-electron chi connectivity index (χ4n) is 8.99. The van der Waals surface area contributed by atoms with Gasteiger partial charge in [0.25, 0.3) is 0 Å². The zero-order valence-corrected chi connectivity index (χ0v) is 32.5. The zero-order chi connectivity index (χ0) is 39.1. The lowest BCUT2D eigenvalue weighted by Crippen LogP contribution is -2.11. The van der Waals surface area contributed by atoms with E-state index in [1.807, 2.05) is 0 Å². The van der Waals surface area contributed by atoms with Crippen molar-refractivity contribution in [2.24, 2.45) is 0 Å². The van der Waals surface area contributed by atoms with Crippen LogP contribution in [0.5, 0.6) is 0 Å². The van der Waals surface area contributed by atoms with Crippen molar-refractivity contribution in [1.29, 1.82) is 0 Å². The Hall–Kier alpha value is -7.68. The van der Waals surface area contributed by atoms with Gasteiger partial charge in [0, 0.05) is 33.5 Å². The van der Waals surface area contributed by atoms with Crippen LogP contribution in [-0.4, -0.2) is 0 Å². The van der Waals surface area contributed by atoms with Crippen molar-refractivity contribution < 1.29 is 0 Å². The topological polar surface area (TPSA) is 6.48 Å². The van der Waals surface area contributed by atoms with E-state index in [-0.39, 0.29) is 0 Å². The molecule has 0 N–H and O–H groups in total. The molecular weight excluding hydrogens is 713 g/mol. The minimum absolute atomic E-state index is 0.860. The molecule has 0 saturated heterocycles. The van der Waals surface area contributed by atoms with Gasteiger partial charge in [-0.25, -0.2) is 0 Å². The van der Waals surface area contributed by atoms with Gasteiger partial charge in [-0.05, 0) is 122 Å². The first-order valence-electron chi connectivity index (χ1n) is 20.4. The summed E-state index contributed by atoms with van der Waals surface area (Å²) in [6, 6.07) is 83.9. The van der Waals surface area contributed by atoms with Gasteiger partial charge in [0.15, 0.2) is 0 Å². The molecule has 0 unspecified atom stereocenters. The SMILES string of the molecule is c1ccc(-c2ccc(N(c3ccc4c(c3)Cc3cc(N(c5ccc(-c6ccccc6)cc5)c5cccc6ccccc56)ccc3-4)c3cccc4ccccc34)cc2)cc1. The summed E-state index contributed by atoms with van der Waals surface area (Å²) in [5.41, 5.74) is 17.0. The van der Waals surface area contributed by atoms with Crippen LogP contribution in [0.4, 0.5) is 34.1 Å². The lowest BCUT2D eigenvalue weighted by Gasteiger charge is -2.27. The highest BCUT2D eigenvalue weighted by molar-refractivity contribution is 6.01. The molecule has 0 amide bonds. The minimum atomic E-state index is 0.860. The van der Waals surface area contributed by atoms with Crippen molar-refractivity contribution in [3.63, 3.8) is 0 Å². The molecule has 0 fully saturated rings. The third-order valence-corrected chi connectivity index (χ3v) is 11.8. The van der Waals surface area contributed by atoms with Crippen molar-refractivity contribution in [2.75, 3.05) is 9.80 Å². The number of hydrogen-bond donors (Lipinski definition) is 0. The summed E-state index contributed by atoms with van der Waals surface area (Å²) in [5, 5.41) is 4.90. The van der Waals surface area contributed by atoms with Crippen molar-refractivity contribution in [2.45, 2.75) is 6.42 Å². The molecule has 2 nitrogen and oxygen atoms in total. The third kappa shape index (κ3) is 6.32. The molecule has 10 aromatic carbocycles. The zero-order valence-electron chi connectivity index (χ0n) is 32.5. The van der Waals surface area contributed by atoms with Crippen LogP contribution in [0.2, 0.25) is 0 Å². The maximum Gasteiger partial charge on any atom is 0.0540 e. The van der Waals surface area contributed by atoms with Crippen LogP contribution in [0.25, 0.3) is 54.9 Å². The molecular formula is C57H40N2. The van der Waals surface area contributed by atoms with Crippen molar-refractivity contribution in [3.8, 4) is 33.4 Å². The van der Waals surface area contributed by atoms with Gasteiger partial charge >= 0.3 is 0 Å². The molecule has 0 aliphatic heterocycles. The maximum atomic E-state index is 2.42. The van der Waals surface area contributed by atoms with Crippen LogP contribution >= 0.6 is 0 Å². The average Bonchev–Trinajstić information content (AvgIpc) is 3.68. The van der Waals surface area contributed by atoms with Crippen LogP contribution < -0.4 is 9.80 Å². The van der Waals surface area contributed by atoms with Crippen LogP contribution in [-0.2, 0) is 6.42 Å². The third-order valence-electron chi connectivity index (χ3n) is 11.8. The monoisotopic (exact) mass is 752 g/mol. The smallest absolute Gasteiger partial charge is 0.0540 e. The van der Waals surface area contributed by atoms with Crippen molar-refractivity contribution in [3.05, 3.63) is 242 Å². The number of rotatable bonds is 8. The minimum Gasteiger partial charge on any atom is -0.310 e. The van der Waals surface area contributed by atoms with E-state index >= 15 is 0 Å². The van der Waals surface area contributed by atoms with Crippen LogP contribution in [0, 0.1) is 0 Å². The maximum absolute atomic E-state index is 2.42. The normalized spacial score (nSPS) is 11.7. The molecule has 0 saturated carbocycles. The van der Waals surface area contributed by atoms with E-state index in [4.69, 9.17) is 0 Å². The molecule has 11 rings (SSSR count). The number of hydrogen-bond acceptors (Lipinski definition) is 2. The first-order chi connectivity index (χ1) is 29.2. The first kappa shape index (κ1) is 34.6. The Morgan fingerprint density at radius 2 is 0.627 bits per heavy atom. The molecule has 0 aromatic heterocycles. The molecule has 1 aliphatic rings. The second-order valence-corrected chi connectivity index (χ2v) is 15.4. The summed E-state index contributed by atoms with van der Waals surface area (Å²) in [6.07, 6.45) is 0.860. The highest BCUT2D eigenvalue weighted by Gasteiger charge is 2.24. The highest BCUT2D eigenvalue weighted by Crippen LogP contribution is 2.47. The Balaban J connectivity index is 0.991. The summed E-state index contributed by atoms with van der Waals surface area (Å²) in [4.78, 5) is 4.85. The van der Waals surface area contributed by atoms with E-state index in [1.165, 1.54) is 66.1 Å². The quantitative estimate of drug-likeness (QED) is 0.152. The second-order valence-electron chi connectivity index (χ2n) is 15.4. The summed E-state index contributed by atoms with van der Waals surface area (Å²) in [5.74, 6) is 0. The van der Waals surface area contributed by atoms with Gasteiger partial charge in [-0.15, -0.1) is 0 Å². The molecule has 0 heterocycles. The van der Waals surface area contributed by atoms with Gasteiger partial charge in [-0.1, -0.05) is 170 Å². The van der Waals surface area contributed by atoms with Gasteiger partial charge in [-0.3, -0.25) is 0 Å². The highest BCUT2D eigenvalue weighted by atomic mass is 15.1. The summed E-state index contributed by atoms with van der Waals surface area (Å²) in [6.45, 7) is 0. The number of benzene rings is 10. The van der Waals surface area contributed by atoms with E-state index in [0.29, 0.717) is 0 Å². The fourth-order valence-corrected chi connectivity index (χ4v) is 8.99. The van der Waals surface area contributed by atoms with Gasteiger partial charge in [0.05, 0.1) is 11.4 Å². The van der Waals surface area contributed by atoms with E-state index in [9.17, 15) is 0 Å². The molecule has 1 aliphatic carbocycles. The van der Waals surface area contributed by atoms with Gasteiger partial charge in [-0.2, -0.15) is 0 Å². The Morgan fingerprint density at radius 3 is 1.07 bits per heavy atom. The molecule has 0 bridgehead atoms. The lowest BCUT2D eigenvalue weighted by atomic mass is 10.0. The lowest BCUT2D eigenvalue weighted by molar-refractivity contribution is 1.22. The van der Waals surface area contributed by atoms with E-state index in [2.05, 4.69) is 240 Å². The Morgan fingerprint density at radius 1 is 0.271 bits per heavy atom. The van der Waals surface area contributed by atoms with Crippen LogP contribution in [0.3, 0.4) is 0 Å². The number of nitrogens with zero attached hydrogens (tertiary/aromatic N) is 2. The molecule has 278 valence electrons. The first-order valence-corrected chi connectivity index (χ1v) is 20.4. The van der Waals surface area contributed by atoms with E-state index < -0.39 is 0 Å². The molecule has 59 heavy (non-hydrogen) atoms. The summed E-state index contributed by atoms with van der Waals surface area (Å²) >= 11 is 0. The van der Waals surface area contributed by atoms with Crippen molar-refractivity contribution in [1.82, 2.24) is 0 Å². The molecule has 10 aromatic rings. The predicted molar refractivity (Wildman–Crippen MR) is 250 cm³/mol. The Bertz CT molecular complexity index is 2890. The van der Waals surface area contributed by atoms with Crippen molar-refractivity contribution >= 4 is 55.7 Å². The predicted octanol–water partition coefficient (Wildman–Crippen LogP) is 15.8. The van der Waals surface area contributed by atoms with E-state index in [1.54, 1.807) is 0 Å². The van der Waals surface area contributed by atoms with Gasteiger partial charge in [0.2, 0.25) is 0 Å². The number of anilines is 6. The molecule has 0 spiro atoms. The number of fused-ring (bicyclic) bond motifs is 5. The molecule has 0 atom stereocenters. The molecule has 2 heteroatoms. The Kier molecular flexibility index (Phi) is 8.60. The van der Waals surface area contributed by atoms with Gasteiger partial charge < -0.3 is 9.80 Å².